The lowest BCUT2D eigenvalue weighted by Gasteiger charge is -2.12. The van der Waals surface area contributed by atoms with Crippen LogP contribution in [0.25, 0.3) is 0 Å². The maximum atomic E-state index is 11.0. The number of aliphatic hydroxyl groups excluding tert-OH is 1. The van der Waals surface area contributed by atoms with Gasteiger partial charge in [-0.3, -0.25) is 0 Å². The minimum Gasteiger partial charge on any atom is -0.508 e. The molecule has 0 saturated carbocycles. The standard InChI is InChI=1S/C8H12O5/c1-11-7(12-2)3-5-6(9)4-13-8(5)10/h7,9H,3-4H2,1-2H3. The van der Waals surface area contributed by atoms with Gasteiger partial charge >= 0.3 is 5.97 Å². The van der Waals surface area contributed by atoms with Crippen molar-refractivity contribution >= 4 is 5.97 Å². The van der Waals surface area contributed by atoms with E-state index in [1.807, 2.05) is 0 Å². The molecular weight excluding hydrogens is 176 g/mol. The molecule has 0 radical (unpaired) electrons. The van der Waals surface area contributed by atoms with E-state index in [1.54, 1.807) is 0 Å². The van der Waals surface area contributed by atoms with E-state index in [0.717, 1.165) is 0 Å². The molecule has 0 atom stereocenters. The average molecular weight is 188 g/mol. The van der Waals surface area contributed by atoms with E-state index in [1.165, 1.54) is 14.2 Å². The quantitative estimate of drug-likeness (QED) is 0.510. The molecule has 1 N–H and O–H groups in total. The maximum Gasteiger partial charge on any atom is 0.338 e. The van der Waals surface area contributed by atoms with Gasteiger partial charge in [0.2, 0.25) is 0 Å². The third-order valence-electron chi connectivity index (χ3n) is 1.83. The zero-order valence-corrected chi connectivity index (χ0v) is 7.57. The van der Waals surface area contributed by atoms with Crippen LogP contribution in [0.4, 0.5) is 0 Å². The van der Waals surface area contributed by atoms with E-state index in [9.17, 15) is 9.90 Å². The molecule has 13 heavy (non-hydrogen) atoms. The first-order valence-electron chi connectivity index (χ1n) is 3.82. The van der Waals surface area contributed by atoms with Gasteiger partial charge in [0.05, 0.1) is 5.57 Å². The second-order valence-corrected chi connectivity index (χ2v) is 2.61. The van der Waals surface area contributed by atoms with Crippen molar-refractivity contribution < 1.29 is 24.1 Å². The number of hydrogen-bond acceptors (Lipinski definition) is 5. The summed E-state index contributed by atoms with van der Waals surface area (Å²) in [7, 11) is 2.93. The number of ether oxygens (including phenoxy) is 3. The van der Waals surface area contributed by atoms with Gasteiger partial charge in [-0.1, -0.05) is 0 Å². The minimum absolute atomic E-state index is 0.0379. The largest absolute Gasteiger partial charge is 0.508 e. The van der Waals surface area contributed by atoms with Crippen LogP contribution in [-0.2, 0) is 19.0 Å². The third kappa shape index (κ3) is 2.19. The van der Waals surface area contributed by atoms with E-state index < -0.39 is 12.3 Å². The van der Waals surface area contributed by atoms with Crippen molar-refractivity contribution in [1.29, 1.82) is 0 Å². The lowest BCUT2D eigenvalue weighted by molar-refractivity contribution is -0.138. The van der Waals surface area contributed by atoms with Crippen LogP contribution < -0.4 is 0 Å². The Morgan fingerprint density at radius 2 is 2.15 bits per heavy atom. The molecule has 5 nitrogen and oxygen atoms in total. The van der Waals surface area contributed by atoms with Crippen molar-refractivity contribution in [1.82, 2.24) is 0 Å². The number of esters is 1. The lowest BCUT2D eigenvalue weighted by Crippen LogP contribution is -2.16. The summed E-state index contributed by atoms with van der Waals surface area (Å²) in [5, 5.41) is 9.22. The summed E-state index contributed by atoms with van der Waals surface area (Å²) in [5.74, 6) is -0.541. The Bertz CT molecular complexity index is 229. The number of carbonyl (C=O) groups is 1. The predicted molar refractivity (Wildman–Crippen MR) is 43.0 cm³/mol. The van der Waals surface area contributed by atoms with Crippen LogP contribution in [0.15, 0.2) is 11.3 Å². The number of cyclic esters (lactones) is 1. The second kappa shape index (κ2) is 4.25. The van der Waals surface area contributed by atoms with Crippen LogP contribution in [0, 0.1) is 0 Å². The van der Waals surface area contributed by atoms with E-state index in [4.69, 9.17) is 9.47 Å². The molecule has 0 aromatic carbocycles. The predicted octanol–water partition coefficient (Wildman–Crippen LogP) is 0.364. The summed E-state index contributed by atoms with van der Waals surface area (Å²) in [4.78, 5) is 11.0. The number of carbonyl (C=O) groups excluding carboxylic acids is 1. The lowest BCUT2D eigenvalue weighted by atomic mass is 10.2. The number of methoxy groups -OCH3 is 2. The maximum absolute atomic E-state index is 11.0. The molecule has 1 aliphatic heterocycles. The van der Waals surface area contributed by atoms with E-state index >= 15 is 0 Å². The van der Waals surface area contributed by atoms with Crippen LogP contribution >= 0.6 is 0 Å². The topological polar surface area (TPSA) is 65.0 Å². The zero-order chi connectivity index (χ0) is 9.84. The molecule has 74 valence electrons. The molecule has 0 aromatic heterocycles. The van der Waals surface area contributed by atoms with Crippen LogP contribution in [0.3, 0.4) is 0 Å². The normalized spacial score (nSPS) is 17.0. The van der Waals surface area contributed by atoms with Crippen LogP contribution in [0.2, 0.25) is 0 Å². The molecule has 5 heteroatoms. The molecule has 0 bridgehead atoms. The highest BCUT2D eigenvalue weighted by atomic mass is 16.7. The van der Waals surface area contributed by atoms with Crippen molar-refractivity contribution in [2.45, 2.75) is 12.7 Å². The van der Waals surface area contributed by atoms with Crippen LogP contribution in [0.1, 0.15) is 6.42 Å². The average Bonchev–Trinajstić information content (AvgIpc) is 2.44. The summed E-state index contributed by atoms with van der Waals surface area (Å²) >= 11 is 0. The second-order valence-electron chi connectivity index (χ2n) is 2.61. The summed E-state index contributed by atoms with van der Waals surface area (Å²) in [5.41, 5.74) is 0.230. The van der Waals surface area contributed by atoms with E-state index in [-0.39, 0.29) is 24.4 Å². The van der Waals surface area contributed by atoms with Gasteiger partial charge in [-0.15, -0.1) is 0 Å². The van der Waals surface area contributed by atoms with Crippen molar-refractivity contribution in [3.63, 3.8) is 0 Å². The third-order valence-corrected chi connectivity index (χ3v) is 1.83. The Morgan fingerprint density at radius 3 is 2.54 bits per heavy atom. The van der Waals surface area contributed by atoms with Gasteiger partial charge in [-0.25, -0.2) is 4.79 Å². The molecule has 1 rings (SSSR count). The Labute approximate surface area is 75.9 Å². The van der Waals surface area contributed by atoms with E-state index in [0.29, 0.717) is 0 Å². The molecule has 0 saturated heterocycles. The number of hydrogen-bond donors (Lipinski definition) is 1. The fourth-order valence-corrected chi connectivity index (χ4v) is 1.06. The van der Waals surface area contributed by atoms with Crippen LogP contribution in [-0.4, -0.2) is 38.2 Å². The Balaban J connectivity index is 2.61. The summed E-state index contributed by atoms with van der Waals surface area (Å²) < 4.78 is 14.4. The van der Waals surface area contributed by atoms with Crippen molar-refractivity contribution in [3.05, 3.63) is 11.3 Å². The first-order valence-corrected chi connectivity index (χ1v) is 3.82. The Hall–Kier alpha value is -1.07. The van der Waals surface area contributed by atoms with Crippen molar-refractivity contribution in [2.75, 3.05) is 20.8 Å². The Kier molecular flexibility index (Phi) is 3.27. The summed E-state index contributed by atoms with van der Waals surface area (Å²) in [6, 6.07) is 0. The SMILES string of the molecule is COC(CC1=C(O)COC1=O)OC. The first-order chi connectivity index (χ1) is 6.19. The molecular formula is C8H12O5. The first kappa shape index (κ1) is 10.0. The smallest absolute Gasteiger partial charge is 0.338 e. The van der Waals surface area contributed by atoms with Gasteiger partial charge in [-0.05, 0) is 0 Å². The number of rotatable bonds is 4. The van der Waals surface area contributed by atoms with Gasteiger partial charge in [0, 0.05) is 20.6 Å². The van der Waals surface area contributed by atoms with Crippen molar-refractivity contribution in [2.24, 2.45) is 0 Å². The molecule has 1 aliphatic rings. The van der Waals surface area contributed by atoms with E-state index in [2.05, 4.69) is 4.74 Å². The highest BCUT2D eigenvalue weighted by Crippen LogP contribution is 2.19. The minimum atomic E-state index is -0.525. The van der Waals surface area contributed by atoms with Gasteiger partial charge < -0.3 is 19.3 Å². The molecule has 0 aliphatic carbocycles. The molecule has 0 fully saturated rings. The molecule has 1 heterocycles. The molecule has 0 aromatic rings. The van der Waals surface area contributed by atoms with Crippen molar-refractivity contribution in [3.8, 4) is 0 Å². The van der Waals surface area contributed by atoms with Gasteiger partial charge in [-0.2, -0.15) is 0 Å². The van der Waals surface area contributed by atoms with Gasteiger partial charge in [0.25, 0.3) is 0 Å². The van der Waals surface area contributed by atoms with Gasteiger partial charge in [0.15, 0.2) is 6.29 Å². The number of aliphatic hydroxyl groups is 1. The fraction of sp³-hybridized carbons (Fsp3) is 0.625. The molecule has 0 spiro atoms. The fourth-order valence-electron chi connectivity index (χ4n) is 1.06. The molecule has 0 unspecified atom stereocenters. The highest BCUT2D eigenvalue weighted by Gasteiger charge is 2.27. The zero-order valence-electron chi connectivity index (χ0n) is 7.57. The molecule has 0 amide bonds. The summed E-state index contributed by atoms with van der Waals surface area (Å²) in [6.07, 6.45) is -0.319. The highest BCUT2D eigenvalue weighted by molar-refractivity contribution is 5.91. The van der Waals surface area contributed by atoms with Crippen LogP contribution in [0.5, 0.6) is 0 Å². The Morgan fingerprint density at radius 1 is 1.54 bits per heavy atom. The van der Waals surface area contributed by atoms with Gasteiger partial charge in [0.1, 0.15) is 12.4 Å². The monoisotopic (exact) mass is 188 g/mol. The summed E-state index contributed by atoms with van der Waals surface area (Å²) in [6.45, 7) is -0.0473.